The molecule has 1 radical (unpaired) electrons. The van der Waals surface area contributed by atoms with Gasteiger partial charge in [-0.15, -0.1) is 0 Å². The van der Waals surface area contributed by atoms with Gasteiger partial charge in [0, 0.05) is 6.04 Å². The van der Waals surface area contributed by atoms with E-state index in [4.69, 9.17) is 10.5 Å². The molecule has 55 valence electrons. The summed E-state index contributed by atoms with van der Waals surface area (Å²) < 4.78 is 5.01. The van der Waals surface area contributed by atoms with Crippen LogP contribution in [0.25, 0.3) is 0 Å². The maximum Gasteiger partial charge on any atom is 0.0806 e. The highest BCUT2D eigenvalue weighted by Crippen LogP contribution is 1.98. The van der Waals surface area contributed by atoms with Crippen LogP contribution < -0.4 is 5.73 Å². The Kier molecular flexibility index (Phi) is 4.72. The molecule has 0 aromatic rings. The zero-order valence-corrected chi connectivity index (χ0v) is 6.42. The molecule has 0 heterocycles. The number of nitrogens with two attached hydrogens (primary N) is 1. The van der Waals surface area contributed by atoms with E-state index >= 15 is 0 Å². The van der Waals surface area contributed by atoms with Gasteiger partial charge in [-0.1, -0.05) is 13.8 Å². The first-order valence-electron chi connectivity index (χ1n) is 3.33. The fraction of sp³-hybridized carbons (Fsp3) is 0.857. The molecule has 2 heteroatoms. The summed E-state index contributed by atoms with van der Waals surface area (Å²) in [5.74, 6) is 0.505. The molecule has 0 saturated carbocycles. The third-order valence-corrected chi connectivity index (χ3v) is 1.31. The Morgan fingerprint density at radius 1 is 1.56 bits per heavy atom. The van der Waals surface area contributed by atoms with Crippen molar-refractivity contribution in [3.63, 3.8) is 0 Å². The molecule has 9 heavy (non-hydrogen) atoms. The van der Waals surface area contributed by atoms with Crippen LogP contribution in [0.1, 0.15) is 20.8 Å². The van der Waals surface area contributed by atoms with Crippen molar-refractivity contribution in [2.45, 2.75) is 26.8 Å². The molecule has 0 spiro atoms. The van der Waals surface area contributed by atoms with Crippen LogP contribution in [0.2, 0.25) is 0 Å². The van der Waals surface area contributed by atoms with Crippen LogP contribution in [0.5, 0.6) is 0 Å². The maximum absolute atomic E-state index is 5.66. The number of hydrogen-bond acceptors (Lipinski definition) is 2. The largest absolute Gasteiger partial charge is 0.374 e. The Hall–Kier alpha value is -0.0800. The minimum Gasteiger partial charge on any atom is -0.374 e. The maximum atomic E-state index is 5.66. The Morgan fingerprint density at radius 2 is 2.11 bits per heavy atom. The predicted molar refractivity (Wildman–Crippen MR) is 38.7 cm³/mol. The molecule has 0 fully saturated rings. The molecule has 2 N–H and O–H groups in total. The lowest BCUT2D eigenvalue weighted by atomic mass is 10.1. The van der Waals surface area contributed by atoms with E-state index in [-0.39, 0.29) is 6.04 Å². The third kappa shape index (κ3) is 4.43. The minimum atomic E-state index is 0.168. The van der Waals surface area contributed by atoms with Gasteiger partial charge in [0.1, 0.15) is 0 Å². The Bertz CT molecular complexity index is 63.9. The standard InChI is InChI=1S/C7H16NO/c1-4-9-5-7(8)6(2)3/h4,6-7H,5,8H2,1-3H3. The van der Waals surface area contributed by atoms with Gasteiger partial charge >= 0.3 is 0 Å². The second kappa shape index (κ2) is 4.77. The van der Waals surface area contributed by atoms with Crippen molar-refractivity contribution in [1.29, 1.82) is 0 Å². The van der Waals surface area contributed by atoms with E-state index in [2.05, 4.69) is 13.8 Å². The topological polar surface area (TPSA) is 35.2 Å². The highest BCUT2D eigenvalue weighted by Gasteiger charge is 2.05. The van der Waals surface area contributed by atoms with Crippen LogP contribution in [0.4, 0.5) is 0 Å². The fourth-order valence-corrected chi connectivity index (χ4v) is 0.400. The zero-order chi connectivity index (χ0) is 7.28. The molecular weight excluding hydrogens is 114 g/mol. The van der Waals surface area contributed by atoms with Crippen LogP contribution in [0.15, 0.2) is 0 Å². The van der Waals surface area contributed by atoms with Gasteiger partial charge in [0.05, 0.1) is 13.2 Å². The van der Waals surface area contributed by atoms with Gasteiger partial charge in [-0.3, -0.25) is 0 Å². The Balaban J connectivity index is 3.16. The average molecular weight is 130 g/mol. The minimum absolute atomic E-state index is 0.168. The van der Waals surface area contributed by atoms with Crippen LogP contribution in [-0.2, 0) is 4.74 Å². The third-order valence-electron chi connectivity index (χ3n) is 1.31. The summed E-state index contributed by atoms with van der Waals surface area (Å²) in [6.07, 6.45) is 0. The zero-order valence-electron chi connectivity index (χ0n) is 6.42. The second-order valence-electron chi connectivity index (χ2n) is 2.48. The van der Waals surface area contributed by atoms with Gasteiger partial charge in [-0.2, -0.15) is 0 Å². The molecule has 0 aliphatic rings. The van der Waals surface area contributed by atoms with E-state index in [0.717, 1.165) is 0 Å². The smallest absolute Gasteiger partial charge is 0.0806 e. The summed E-state index contributed by atoms with van der Waals surface area (Å²) in [5.41, 5.74) is 5.66. The monoisotopic (exact) mass is 130 g/mol. The summed E-state index contributed by atoms with van der Waals surface area (Å²) in [4.78, 5) is 0. The summed E-state index contributed by atoms with van der Waals surface area (Å²) in [7, 11) is 0. The normalized spacial score (nSPS) is 14.3. The summed E-state index contributed by atoms with van der Waals surface area (Å²) in [6.45, 7) is 8.33. The molecule has 0 aromatic heterocycles. The second-order valence-corrected chi connectivity index (χ2v) is 2.48. The van der Waals surface area contributed by atoms with Gasteiger partial charge < -0.3 is 10.5 Å². The van der Waals surface area contributed by atoms with Crippen molar-refractivity contribution in [3.8, 4) is 0 Å². The Morgan fingerprint density at radius 3 is 2.44 bits per heavy atom. The van der Waals surface area contributed by atoms with Gasteiger partial charge in [-0.05, 0) is 12.8 Å². The van der Waals surface area contributed by atoms with Crippen molar-refractivity contribution < 1.29 is 4.74 Å². The first-order valence-corrected chi connectivity index (χ1v) is 3.33. The van der Waals surface area contributed by atoms with E-state index in [1.54, 1.807) is 6.61 Å². The lowest BCUT2D eigenvalue weighted by molar-refractivity contribution is 0.169. The van der Waals surface area contributed by atoms with Gasteiger partial charge in [0.15, 0.2) is 0 Å². The van der Waals surface area contributed by atoms with E-state index in [1.807, 2.05) is 6.92 Å². The van der Waals surface area contributed by atoms with Crippen molar-refractivity contribution in [1.82, 2.24) is 0 Å². The molecule has 1 atom stereocenters. The van der Waals surface area contributed by atoms with E-state index < -0.39 is 0 Å². The Labute approximate surface area is 57.4 Å². The molecule has 0 amide bonds. The molecule has 0 aliphatic carbocycles. The number of rotatable bonds is 4. The van der Waals surface area contributed by atoms with Crippen molar-refractivity contribution in [2.24, 2.45) is 11.7 Å². The highest BCUT2D eigenvalue weighted by atomic mass is 16.5. The van der Waals surface area contributed by atoms with Gasteiger partial charge in [-0.25, -0.2) is 0 Å². The molecular formula is C7H16NO. The van der Waals surface area contributed by atoms with Crippen molar-refractivity contribution in [2.75, 3.05) is 6.61 Å². The number of hydrogen-bond donors (Lipinski definition) is 1. The number of ether oxygens (including phenoxy) is 1. The average Bonchev–Trinajstić information content (AvgIpc) is 1.82. The fourth-order valence-electron chi connectivity index (χ4n) is 0.400. The molecule has 0 rings (SSSR count). The summed E-state index contributed by atoms with van der Waals surface area (Å²) >= 11 is 0. The van der Waals surface area contributed by atoms with Crippen LogP contribution in [0, 0.1) is 12.5 Å². The summed E-state index contributed by atoms with van der Waals surface area (Å²) in [5, 5.41) is 0. The SMILES string of the molecule is C[CH]OCC(N)C(C)C. The van der Waals surface area contributed by atoms with Gasteiger partial charge in [0.2, 0.25) is 0 Å². The van der Waals surface area contributed by atoms with E-state index in [9.17, 15) is 0 Å². The predicted octanol–water partition coefficient (Wildman–Crippen LogP) is 1.17. The molecule has 2 nitrogen and oxygen atoms in total. The molecule has 0 aromatic carbocycles. The lowest BCUT2D eigenvalue weighted by Gasteiger charge is -2.13. The van der Waals surface area contributed by atoms with E-state index in [0.29, 0.717) is 12.5 Å². The molecule has 0 saturated heterocycles. The van der Waals surface area contributed by atoms with Crippen molar-refractivity contribution >= 4 is 0 Å². The lowest BCUT2D eigenvalue weighted by Crippen LogP contribution is -2.31. The molecule has 1 unspecified atom stereocenters. The highest BCUT2D eigenvalue weighted by molar-refractivity contribution is 4.63. The summed E-state index contributed by atoms with van der Waals surface area (Å²) in [6, 6.07) is 0.168. The van der Waals surface area contributed by atoms with Crippen molar-refractivity contribution in [3.05, 3.63) is 6.61 Å². The van der Waals surface area contributed by atoms with Crippen LogP contribution in [0.3, 0.4) is 0 Å². The molecule has 0 aliphatic heterocycles. The van der Waals surface area contributed by atoms with E-state index in [1.165, 1.54) is 0 Å². The first-order chi connectivity index (χ1) is 4.18. The quantitative estimate of drug-likeness (QED) is 0.620. The molecule has 0 bridgehead atoms. The van der Waals surface area contributed by atoms with Crippen LogP contribution in [-0.4, -0.2) is 12.6 Å². The first kappa shape index (κ1) is 8.92. The van der Waals surface area contributed by atoms with Crippen LogP contribution >= 0.6 is 0 Å². The van der Waals surface area contributed by atoms with Gasteiger partial charge in [0.25, 0.3) is 0 Å².